The normalized spacial score (nSPS) is 16.0. The van der Waals surface area contributed by atoms with E-state index >= 15 is 0 Å². The smallest absolute Gasteiger partial charge is 0.225 e. The van der Waals surface area contributed by atoms with Crippen molar-refractivity contribution in [2.45, 2.75) is 39.7 Å². The van der Waals surface area contributed by atoms with Crippen LogP contribution < -0.4 is 10.2 Å². The quantitative estimate of drug-likeness (QED) is 0.865. The van der Waals surface area contributed by atoms with Crippen LogP contribution in [-0.2, 0) is 24.2 Å². The van der Waals surface area contributed by atoms with E-state index in [1.54, 1.807) is 18.2 Å². The first kappa shape index (κ1) is 18.3. The average molecular weight is 356 g/mol. The Balaban J connectivity index is 1.63. The van der Waals surface area contributed by atoms with Crippen LogP contribution in [0, 0.1) is 11.7 Å². The van der Waals surface area contributed by atoms with Crippen molar-refractivity contribution < 1.29 is 9.18 Å². The van der Waals surface area contributed by atoms with Crippen LogP contribution in [0.1, 0.15) is 37.1 Å². The van der Waals surface area contributed by atoms with Gasteiger partial charge in [-0.2, -0.15) is 0 Å². The third kappa shape index (κ3) is 4.00. The molecule has 1 aliphatic carbocycles. The number of amides is 1. The lowest BCUT2D eigenvalue weighted by Crippen LogP contribution is -2.34. The predicted molar refractivity (Wildman–Crippen MR) is 99.4 cm³/mol. The molecule has 1 unspecified atom stereocenters. The highest BCUT2D eigenvalue weighted by atomic mass is 19.1. The lowest BCUT2D eigenvalue weighted by Gasteiger charge is -2.25. The number of anilines is 1. The number of nitrogens with one attached hydrogen (secondary N) is 1. The molecule has 138 valence electrons. The molecule has 6 heteroatoms. The molecule has 1 N–H and O–H groups in total. The largest absolute Gasteiger partial charge is 0.352 e. The standard InChI is InChI=1S/C20H25FN4O/c1-3-25(4-2)20-23-13-16-11-14(9-10-18(16)24-20)19(26)22-12-15-7-5-6-8-17(15)21/h5-8,13-14H,3-4,9-12H2,1-2H3,(H,22,26). The Morgan fingerprint density at radius 1 is 1.31 bits per heavy atom. The zero-order valence-corrected chi connectivity index (χ0v) is 15.3. The van der Waals surface area contributed by atoms with Gasteiger partial charge >= 0.3 is 0 Å². The van der Waals surface area contributed by atoms with Crippen molar-refractivity contribution >= 4 is 11.9 Å². The topological polar surface area (TPSA) is 58.1 Å². The third-order valence-corrected chi connectivity index (χ3v) is 4.97. The Labute approximate surface area is 153 Å². The predicted octanol–water partition coefficient (Wildman–Crippen LogP) is 2.88. The van der Waals surface area contributed by atoms with E-state index in [9.17, 15) is 9.18 Å². The second-order valence-electron chi connectivity index (χ2n) is 6.56. The first-order chi connectivity index (χ1) is 12.6. The van der Waals surface area contributed by atoms with Gasteiger partial charge in [0.25, 0.3) is 0 Å². The Morgan fingerprint density at radius 3 is 2.81 bits per heavy atom. The van der Waals surface area contributed by atoms with Crippen molar-refractivity contribution in [1.29, 1.82) is 0 Å². The van der Waals surface area contributed by atoms with Crippen LogP contribution in [-0.4, -0.2) is 29.0 Å². The van der Waals surface area contributed by atoms with E-state index in [1.807, 2.05) is 6.20 Å². The van der Waals surface area contributed by atoms with Crippen molar-refractivity contribution in [3.8, 4) is 0 Å². The van der Waals surface area contributed by atoms with Crippen LogP contribution in [0.2, 0.25) is 0 Å². The average Bonchev–Trinajstić information content (AvgIpc) is 2.67. The number of carbonyl (C=O) groups is 1. The van der Waals surface area contributed by atoms with Crippen LogP contribution in [0.25, 0.3) is 0 Å². The van der Waals surface area contributed by atoms with Gasteiger partial charge in [-0.1, -0.05) is 18.2 Å². The second-order valence-corrected chi connectivity index (χ2v) is 6.56. The number of halogens is 1. The first-order valence-electron chi connectivity index (χ1n) is 9.23. The second kappa shape index (κ2) is 8.25. The molecule has 0 fully saturated rings. The molecule has 0 bridgehead atoms. The molecule has 1 aromatic heterocycles. The van der Waals surface area contributed by atoms with E-state index in [0.717, 1.165) is 43.1 Å². The lowest BCUT2D eigenvalue weighted by atomic mass is 9.86. The minimum absolute atomic E-state index is 0.0354. The van der Waals surface area contributed by atoms with Gasteiger partial charge < -0.3 is 10.2 Å². The van der Waals surface area contributed by atoms with Crippen molar-refractivity contribution in [3.63, 3.8) is 0 Å². The minimum atomic E-state index is -0.292. The SMILES string of the molecule is CCN(CC)c1ncc2c(n1)CCC(C(=O)NCc1ccccc1F)C2. The number of aryl methyl sites for hydroxylation is 1. The molecule has 1 aromatic carbocycles. The highest BCUT2D eigenvalue weighted by Gasteiger charge is 2.26. The van der Waals surface area contributed by atoms with Gasteiger partial charge in [0, 0.05) is 43.0 Å². The van der Waals surface area contributed by atoms with Gasteiger partial charge in [0.1, 0.15) is 5.82 Å². The van der Waals surface area contributed by atoms with E-state index < -0.39 is 0 Å². The van der Waals surface area contributed by atoms with Gasteiger partial charge in [0.15, 0.2) is 0 Å². The van der Waals surface area contributed by atoms with Crippen molar-refractivity contribution in [2.24, 2.45) is 5.92 Å². The fraction of sp³-hybridized carbons (Fsp3) is 0.450. The summed E-state index contributed by atoms with van der Waals surface area (Å²) >= 11 is 0. The number of aromatic nitrogens is 2. The summed E-state index contributed by atoms with van der Waals surface area (Å²) in [5.41, 5.74) is 2.59. The molecule has 0 saturated heterocycles. The number of hydrogen-bond donors (Lipinski definition) is 1. The van der Waals surface area contributed by atoms with E-state index in [1.165, 1.54) is 6.07 Å². The zero-order valence-electron chi connectivity index (χ0n) is 15.3. The Hall–Kier alpha value is -2.50. The van der Waals surface area contributed by atoms with Gasteiger partial charge in [-0.25, -0.2) is 14.4 Å². The summed E-state index contributed by atoms with van der Waals surface area (Å²) in [6.45, 7) is 6.13. The zero-order chi connectivity index (χ0) is 18.5. The van der Waals surface area contributed by atoms with Gasteiger partial charge in [-0.15, -0.1) is 0 Å². The summed E-state index contributed by atoms with van der Waals surface area (Å²) in [4.78, 5) is 23.8. The molecular weight excluding hydrogens is 331 g/mol. The Morgan fingerprint density at radius 2 is 2.08 bits per heavy atom. The van der Waals surface area contributed by atoms with E-state index in [-0.39, 0.29) is 24.2 Å². The summed E-state index contributed by atoms with van der Waals surface area (Å²) in [5.74, 6) is 0.319. The van der Waals surface area contributed by atoms with Crippen molar-refractivity contribution in [2.75, 3.05) is 18.0 Å². The van der Waals surface area contributed by atoms with Crippen LogP contribution in [0.3, 0.4) is 0 Å². The van der Waals surface area contributed by atoms with E-state index in [4.69, 9.17) is 0 Å². The Bertz CT molecular complexity index is 776. The molecule has 0 saturated carbocycles. The van der Waals surface area contributed by atoms with Gasteiger partial charge in [0.05, 0.1) is 0 Å². The van der Waals surface area contributed by atoms with Crippen LogP contribution >= 0.6 is 0 Å². The monoisotopic (exact) mass is 356 g/mol. The lowest BCUT2D eigenvalue weighted by molar-refractivity contribution is -0.125. The fourth-order valence-corrected chi connectivity index (χ4v) is 3.35. The molecule has 5 nitrogen and oxygen atoms in total. The molecule has 26 heavy (non-hydrogen) atoms. The maximum atomic E-state index is 13.7. The van der Waals surface area contributed by atoms with Gasteiger partial charge in [0.2, 0.25) is 11.9 Å². The molecule has 0 aliphatic heterocycles. The molecule has 2 aromatic rings. The Kier molecular flexibility index (Phi) is 5.81. The number of carbonyl (C=O) groups excluding carboxylic acids is 1. The molecule has 3 rings (SSSR count). The molecule has 1 aliphatic rings. The molecule has 0 spiro atoms. The third-order valence-electron chi connectivity index (χ3n) is 4.97. The number of hydrogen-bond acceptors (Lipinski definition) is 4. The minimum Gasteiger partial charge on any atom is -0.352 e. The molecule has 1 amide bonds. The molecule has 1 atom stereocenters. The number of nitrogens with zero attached hydrogens (tertiary/aromatic N) is 3. The van der Waals surface area contributed by atoms with Crippen LogP contribution in [0.5, 0.6) is 0 Å². The highest BCUT2D eigenvalue weighted by Crippen LogP contribution is 2.25. The van der Waals surface area contributed by atoms with Gasteiger partial charge in [-0.3, -0.25) is 4.79 Å². The maximum absolute atomic E-state index is 13.7. The van der Waals surface area contributed by atoms with Crippen molar-refractivity contribution in [3.05, 3.63) is 53.1 Å². The molecule has 0 radical (unpaired) electrons. The maximum Gasteiger partial charge on any atom is 0.225 e. The number of rotatable bonds is 6. The summed E-state index contributed by atoms with van der Waals surface area (Å²) in [6.07, 6.45) is 4.01. The van der Waals surface area contributed by atoms with E-state index in [2.05, 4.69) is 34.0 Å². The summed E-state index contributed by atoms with van der Waals surface area (Å²) in [5, 5.41) is 2.86. The summed E-state index contributed by atoms with van der Waals surface area (Å²) < 4.78 is 13.7. The van der Waals surface area contributed by atoms with Gasteiger partial charge in [-0.05, 0) is 44.7 Å². The summed E-state index contributed by atoms with van der Waals surface area (Å²) in [6, 6.07) is 6.51. The highest BCUT2D eigenvalue weighted by molar-refractivity contribution is 5.79. The van der Waals surface area contributed by atoms with Crippen LogP contribution in [0.4, 0.5) is 10.3 Å². The molecular formula is C20H25FN4O. The van der Waals surface area contributed by atoms with E-state index in [0.29, 0.717) is 12.0 Å². The van der Waals surface area contributed by atoms with Crippen molar-refractivity contribution in [1.82, 2.24) is 15.3 Å². The number of benzene rings is 1. The fourth-order valence-electron chi connectivity index (χ4n) is 3.35. The first-order valence-corrected chi connectivity index (χ1v) is 9.23. The molecule has 1 heterocycles. The summed E-state index contributed by atoms with van der Waals surface area (Å²) in [7, 11) is 0. The van der Waals surface area contributed by atoms with Crippen LogP contribution in [0.15, 0.2) is 30.5 Å². The number of fused-ring (bicyclic) bond motifs is 1.